The van der Waals surface area contributed by atoms with E-state index in [1.54, 1.807) is 0 Å². The Morgan fingerprint density at radius 2 is 1.85 bits per heavy atom. The topological polar surface area (TPSA) is 57.6 Å². The quantitative estimate of drug-likeness (QED) is 0.677. The monoisotopic (exact) mass is 207 g/mol. The second-order valence-electron chi connectivity index (χ2n) is 3.43. The van der Waals surface area contributed by atoms with E-state index < -0.39 is 15.9 Å². The molecule has 1 saturated heterocycles. The van der Waals surface area contributed by atoms with Gasteiger partial charge in [-0.2, -0.15) is 0 Å². The number of rotatable bonds is 3. The van der Waals surface area contributed by atoms with E-state index in [1.165, 1.54) is 0 Å². The molecule has 1 rings (SSSR count). The van der Waals surface area contributed by atoms with Gasteiger partial charge >= 0.3 is 0 Å². The van der Waals surface area contributed by atoms with Crippen molar-refractivity contribution >= 4 is 9.84 Å². The van der Waals surface area contributed by atoms with Gasteiger partial charge in [-0.3, -0.25) is 4.90 Å². The van der Waals surface area contributed by atoms with Crippen molar-refractivity contribution in [3.05, 3.63) is 0 Å². The van der Waals surface area contributed by atoms with E-state index >= 15 is 0 Å². The summed E-state index contributed by atoms with van der Waals surface area (Å²) >= 11 is 0. The van der Waals surface area contributed by atoms with E-state index in [4.69, 9.17) is 0 Å². The van der Waals surface area contributed by atoms with Gasteiger partial charge in [0, 0.05) is 0 Å². The summed E-state index contributed by atoms with van der Waals surface area (Å²) in [6.45, 7) is 5.52. The number of aliphatic hydroxyl groups excluding tert-OH is 1. The van der Waals surface area contributed by atoms with Crippen LogP contribution in [0.5, 0.6) is 0 Å². The Balaban J connectivity index is 2.72. The molecular weight excluding hydrogens is 190 g/mol. The van der Waals surface area contributed by atoms with E-state index in [2.05, 4.69) is 0 Å². The number of hydrogen-bond acceptors (Lipinski definition) is 4. The fourth-order valence-electron chi connectivity index (χ4n) is 1.85. The summed E-state index contributed by atoms with van der Waals surface area (Å²) in [6, 6.07) is -0.194. The molecular formula is C8H17NO3S. The normalized spacial score (nSPS) is 32.6. The Bertz CT molecular complexity index is 259. The van der Waals surface area contributed by atoms with Crippen LogP contribution in [0.4, 0.5) is 0 Å². The predicted molar refractivity (Wildman–Crippen MR) is 51.4 cm³/mol. The van der Waals surface area contributed by atoms with Crippen molar-refractivity contribution in [1.82, 2.24) is 4.90 Å². The largest absolute Gasteiger partial charge is 0.390 e. The van der Waals surface area contributed by atoms with Crippen LogP contribution in [0.25, 0.3) is 0 Å². The first-order chi connectivity index (χ1) is 6.00. The number of hydrogen-bond donors (Lipinski definition) is 1. The highest BCUT2D eigenvalue weighted by atomic mass is 32.2. The summed E-state index contributed by atoms with van der Waals surface area (Å²) in [7, 11) is -3.00. The van der Waals surface area contributed by atoms with Crippen LogP contribution in [0.2, 0.25) is 0 Å². The van der Waals surface area contributed by atoms with Crippen LogP contribution >= 0.6 is 0 Å². The van der Waals surface area contributed by atoms with Crippen molar-refractivity contribution in [3.8, 4) is 0 Å². The molecule has 0 aromatic heterocycles. The molecule has 1 fully saturated rings. The zero-order valence-electron chi connectivity index (χ0n) is 8.10. The van der Waals surface area contributed by atoms with Crippen LogP contribution in [0.1, 0.15) is 13.8 Å². The lowest BCUT2D eigenvalue weighted by Gasteiger charge is -2.27. The molecule has 13 heavy (non-hydrogen) atoms. The summed E-state index contributed by atoms with van der Waals surface area (Å²) < 4.78 is 22.4. The Morgan fingerprint density at radius 1 is 1.31 bits per heavy atom. The number of likely N-dealkylation sites (N-methyl/N-ethyl adjacent to an activating group) is 1. The summed E-state index contributed by atoms with van der Waals surface area (Å²) in [5, 5.41) is 9.54. The smallest absolute Gasteiger partial charge is 0.154 e. The zero-order chi connectivity index (χ0) is 10.1. The van der Waals surface area contributed by atoms with Crippen LogP contribution in [0, 0.1) is 0 Å². The molecule has 0 aromatic rings. The van der Waals surface area contributed by atoms with Gasteiger partial charge in [0.05, 0.1) is 23.7 Å². The third-order valence-corrected chi connectivity index (χ3v) is 4.27. The lowest BCUT2D eigenvalue weighted by atomic mass is 10.2. The SMILES string of the molecule is CCN(CC)[C@H]1CS(=O)(=O)C[C@@H]1O. The summed E-state index contributed by atoms with van der Waals surface area (Å²) in [5.74, 6) is 0.0318. The molecule has 5 heteroatoms. The highest BCUT2D eigenvalue weighted by Gasteiger charge is 2.38. The number of sulfone groups is 1. The van der Waals surface area contributed by atoms with E-state index in [1.807, 2.05) is 18.7 Å². The molecule has 0 spiro atoms. The molecule has 0 aromatic carbocycles. The summed E-state index contributed by atoms with van der Waals surface area (Å²) in [6.07, 6.45) is -0.704. The molecule has 0 amide bonds. The van der Waals surface area contributed by atoms with Gasteiger partial charge in [-0.15, -0.1) is 0 Å². The van der Waals surface area contributed by atoms with Gasteiger partial charge in [-0.05, 0) is 13.1 Å². The summed E-state index contributed by atoms with van der Waals surface area (Å²) in [5.41, 5.74) is 0. The van der Waals surface area contributed by atoms with Crippen LogP contribution in [0.3, 0.4) is 0 Å². The fraction of sp³-hybridized carbons (Fsp3) is 1.00. The Labute approximate surface area is 79.5 Å². The van der Waals surface area contributed by atoms with Gasteiger partial charge in [0.1, 0.15) is 0 Å². The van der Waals surface area contributed by atoms with E-state index in [0.29, 0.717) is 0 Å². The average Bonchev–Trinajstić information content (AvgIpc) is 2.28. The van der Waals surface area contributed by atoms with Crippen molar-refractivity contribution in [2.24, 2.45) is 0 Å². The average molecular weight is 207 g/mol. The van der Waals surface area contributed by atoms with Crippen LogP contribution in [-0.2, 0) is 9.84 Å². The molecule has 0 bridgehead atoms. The van der Waals surface area contributed by atoms with Crippen molar-refractivity contribution in [1.29, 1.82) is 0 Å². The molecule has 0 radical (unpaired) electrons. The van der Waals surface area contributed by atoms with Gasteiger partial charge in [0.25, 0.3) is 0 Å². The minimum Gasteiger partial charge on any atom is -0.390 e. The molecule has 0 saturated carbocycles. The highest BCUT2D eigenvalue weighted by Crippen LogP contribution is 2.17. The first kappa shape index (κ1) is 10.9. The van der Waals surface area contributed by atoms with E-state index in [-0.39, 0.29) is 17.5 Å². The maximum atomic E-state index is 11.2. The third-order valence-electron chi connectivity index (χ3n) is 2.57. The predicted octanol–water partition coefficient (Wildman–Crippen LogP) is -0.514. The zero-order valence-corrected chi connectivity index (χ0v) is 8.92. The number of aliphatic hydroxyl groups is 1. The maximum absolute atomic E-state index is 11.2. The van der Waals surface area contributed by atoms with Gasteiger partial charge in [-0.25, -0.2) is 8.42 Å². The van der Waals surface area contributed by atoms with E-state index in [9.17, 15) is 13.5 Å². The molecule has 4 nitrogen and oxygen atoms in total. The molecule has 0 aliphatic carbocycles. The minimum atomic E-state index is -3.00. The molecule has 2 atom stereocenters. The molecule has 0 unspecified atom stereocenters. The Morgan fingerprint density at radius 3 is 2.15 bits per heavy atom. The fourth-order valence-corrected chi connectivity index (χ4v) is 3.68. The lowest BCUT2D eigenvalue weighted by molar-refractivity contribution is 0.0901. The van der Waals surface area contributed by atoms with Crippen LogP contribution in [-0.4, -0.2) is 55.2 Å². The van der Waals surface area contributed by atoms with Crippen LogP contribution in [0.15, 0.2) is 0 Å². The Hall–Kier alpha value is -0.130. The van der Waals surface area contributed by atoms with Crippen molar-refractivity contribution in [3.63, 3.8) is 0 Å². The van der Waals surface area contributed by atoms with Crippen molar-refractivity contribution in [2.75, 3.05) is 24.6 Å². The highest BCUT2D eigenvalue weighted by molar-refractivity contribution is 7.91. The second-order valence-corrected chi connectivity index (χ2v) is 5.59. The molecule has 1 N–H and O–H groups in total. The molecule has 78 valence electrons. The van der Waals surface area contributed by atoms with E-state index in [0.717, 1.165) is 13.1 Å². The van der Waals surface area contributed by atoms with Crippen molar-refractivity contribution in [2.45, 2.75) is 26.0 Å². The Kier molecular flexibility index (Phi) is 3.32. The first-order valence-electron chi connectivity index (χ1n) is 4.62. The second kappa shape index (κ2) is 3.94. The van der Waals surface area contributed by atoms with Crippen molar-refractivity contribution < 1.29 is 13.5 Å². The lowest BCUT2D eigenvalue weighted by Crippen LogP contribution is -2.42. The molecule has 1 heterocycles. The number of nitrogens with zero attached hydrogens (tertiary/aromatic N) is 1. The van der Waals surface area contributed by atoms with Gasteiger partial charge < -0.3 is 5.11 Å². The first-order valence-corrected chi connectivity index (χ1v) is 6.44. The molecule has 1 aliphatic rings. The molecule has 1 aliphatic heterocycles. The van der Waals surface area contributed by atoms with Gasteiger partial charge in [-0.1, -0.05) is 13.8 Å². The standard InChI is InChI=1S/C8H17NO3S/c1-3-9(4-2)7-5-13(11,12)6-8(7)10/h7-8,10H,3-6H2,1-2H3/t7-,8-/m0/s1. The van der Waals surface area contributed by atoms with Crippen LogP contribution < -0.4 is 0 Å². The van der Waals surface area contributed by atoms with Gasteiger partial charge in [0.2, 0.25) is 0 Å². The maximum Gasteiger partial charge on any atom is 0.154 e. The third kappa shape index (κ3) is 2.42. The minimum absolute atomic E-state index is 0.0752. The summed E-state index contributed by atoms with van der Waals surface area (Å²) in [4.78, 5) is 2.00. The van der Waals surface area contributed by atoms with Gasteiger partial charge in [0.15, 0.2) is 9.84 Å².